The Labute approximate surface area is 114 Å². The number of anilines is 1. The molecule has 19 heavy (non-hydrogen) atoms. The van der Waals surface area contributed by atoms with Crippen LogP contribution in [0.1, 0.15) is 12.8 Å². The Morgan fingerprint density at radius 1 is 1.00 bits per heavy atom. The second-order valence-electron chi connectivity index (χ2n) is 4.15. The molecule has 96 valence electrons. The van der Waals surface area contributed by atoms with Crippen LogP contribution in [-0.4, -0.2) is 6.54 Å². The SMILES string of the molecule is C#CCCCNc1ccccc1Oc1ccccc1. The summed E-state index contributed by atoms with van der Waals surface area (Å²) in [6, 6.07) is 17.7. The fourth-order valence-electron chi connectivity index (χ4n) is 1.73. The van der Waals surface area contributed by atoms with Crippen LogP contribution in [0.15, 0.2) is 54.6 Å². The molecule has 1 N–H and O–H groups in total. The van der Waals surface area contributed by atoms with Crippen molar-refractivity contribution in [2.75, 3.05) is 11.9 Å². The zero-order valence-electron chi connectivity index (χ0n) is 10.8. The number of rotatable bonds is 6. The molecule has 0 radical (unpaired) electrons. The van der Waals surface area contributed by atoms with Crippen molar-refractivity contribution < 1.29 is 4.74 Å². The van der Waals surface area contributed by atoms with E-state index in [9.17, 15) is 0 Å². The second kappa shape index (κ2) is 7.13. The fraction of sp³-hybridized carbons (Fsp3) is 0.176. The van der Waals surface area contributed by atoms with Crippen molar-refractivity contribution in [3.63, 3.8) is 0 Å². The van der Waals surface area contributed by atoms with Gasteiger partial charge in [0.2, 0.25) is 0 Å². The molecule has 0 fully saturated rings. The number of hydrogen-bond donors (Lipinski definition) is 1. The van der Waals surface area contributed by atoms with Crippen molar-refractivity contribution in [2.45, 2.75) is 12.8 Å². The van der Waals surface area contributed by atoms with Gasteiger partial charge in [-0.1, -0.05) is 30.3 Å². The number of terminal acetylenes is 1. The molecule has 0 bridgehead atoms. The van der Waals surface area contributed by atoms with E-state index in [4.69, 9.17) is 11.2 Å². The lowest BCUT2D eigenvalue weighted by Gasteiger charge is -2.12. The Balaban J connectivity index is 2.02. The zero-order chi connectivity index (χ0) is 13.3. The average molecular weight is 251 g/mol. The van der Waals surface area contributed by atoms with Crippen LogP contribution >= 0.6 is 0 Å². The molecule has 0 amide bonds. The molecule has 0 saturated heterocycles. The van der Waals surface area contributed by atoms with Gasteiger partial charge in [0.05, 0.1) is 5.69 Å². The van der Waals surface area contributed by atoms with Crippen LogP contribution < -0.4 is 10.1 Å². The summed E-state index contributed by atoms with van der Waals surface area (Å²) in [6.45, 7) is 0.847. The average Bonchev–Trinajstić information content (AvgIpc) is 2.46. The highest BCUT2D eigenvalue weighted by molar-refractivity contribution is 5.57. The molecule has 0 aliphatic heterocycles. The predicted molar refractivity (Wildman–Crippen MR) is 79.5 cm³/mol. The predicted octanol–water partition coefficient (Wildman–Crippen LogP) is 4.30. The normalized spacial score (nSPS) is 9.63. The summed E-state index contributed by atoms with van der Waals surface area (Å²) in [4.78, 5) is 0. The summed E-state index contributed by atoms with van der Waals surface area (Å²) in [5.74, 6) is 4.30. The minimum atomic E-state index is 0.786. The van der Waals surface area contributed by atoms with Gasteiger partial charge in [0, 0.05) is 13.0 Å². The van der Waals surface area contributed by atoms with Crippen molar-refractivity contribution in [3.05, 3.63) is 54.6 Å². The molecule has 0 atom stereocenters. The summed E-state index contributed by atoms with van der Waals surface area (Å²) in [7, 11) is 0. The quantitative estimate of drug-likeness (QED) is 0.610. The van der Waals surface area contributed by atoms with Crippen LogP contribution in [0.4, 0.5) is 5.69 Å². The van der Waals surface area contributed by atoms with Crippen molar-refractivity contribution in [2.24, 2.45) is 0 Å². The molecular formula is C17H17NO. The highest BCUT2D eigenvalue weighted by Gasteiger charge is 2.03. The summed E-state index contributed by atoms with van der Waals surface area (Å²) in [6.07, 6.45) is 6.98. The van der Waals surface area contributed by atoms with Gasteiger partial charge < -0.3 is 10.1 Å². The molecule has 2 nitrogen and oxygen atoms in total. The van der Waals surface area contributed by atoms with E-state index < -0.39 is 0 Å². The summed E-state index contributed by atoms with van der Waals surface area (Å²) < 4.78 is 5.86. The van der Waals surface area contributed by atoms with Crippen LogP contribution in [0, 0.1) is 12.3 Å². The lowest BCUT2D eigenvalue weighted by molar-refractivity contribution is 0.484. The van der Waals surface area contributed by atoms with Gasteiger partial charge in [-0.15, -0.1) is 12.3 Å². The molecule has 0 spiro atoms. The van der Waals surface area contributed by atoms with E-state index in [2.05, 4.69) is 11.2 Å². The third-order valence-corrected chi connectivity index (χ3v) is 2.67. The molecule has 2 rings (SSSR count). The molecule has 2 aromatic rings. The Kier molecular flexibility index (Phi) is 4.89. The van der Waals surface area contributed by atoms with E-state index in [1.165, 1.54) is 0 Å². The molecule has 0 unspecified atom stereocenters. The van der Waals surface area contributed by atoms with Gasteiger partial charge in [-0.3, -0.25) is 0 Å². The molecular weight excluding hydrogens is 234 g/mol. The van der Waals surface area contributed by atoms with Crippen molar-refractivity contribution in [1.82, 2.24) is 0 Å². The smallest absolute Gasteiger partial charge is 0.150 e. The fourth-order valence-corrected chi connectivity index (χ4v) is 1.73. The Morgan fingerprint density at radius 3 is 2.53 bits per heavy atom. The van der Waals surface area contributed by atoms with Gasteiger partial charge in [-0.05, 0) is 30.7 Å². The van der Waals surface area contributed by atoms with Crippen molar-refractivity contribution in [3.8, 4) is 23.8 Å². The minimum absolute atomic E-state index is 0.786. The third-order valence-electron chi connectivity index (χ3n) is 2.67. The Bertz CT molecular complexity index is 543. The molecule has 0 saturated carbocycles. The molecule has 0 aliphatic rings. The number of para-hydroxylation sites is 3. The van der Waals surface area contributed by atoms with E-state index in [0.717, 1.165) is 36.6 Å². The van der Waals surface area contributed by atoms with E-state index in [-0.39, 0.29) is 0 Å². The first-order valence-corrected chi connectivity index (χ1v) is 6.39. The first-order chi connectivity index (χ1) is 9.40. The molecule has 0 heterocycles. The number of hydrogen-bond acceptors (Lipinski definition) is 2. The maximum Gasteiger partial charge on any atom is 0.150 e. The van der Waals surface area contributed by atoms with Gasteiger partial charge in [0.1, 0.15) is 5.75 Å². The molecule has 2 aromatic carbocycles. The Hall–Kier alpha value is -2.40. The first kappa shape index (κ1) is 13.0. The minimum Gasteiger partial charge on any atom is -0.455 e. The van der Waals surface area contributed by atoms with Crippen LogP contribution in [0.2, 0.25) is 0 Å². The van der Waals surface area contributed by atoms with Gasteiger partial charge in [-0.25, -0.2) is 0 Å². The first-order valence-electron chi connectivity index (χ1n) is 6.39. The van der Waals surface area contributed by atoms with Crippen molar-refractivity contribution in [1.29, 1.82) is 0 Å². The number of ether oxygens (including phenoxy) is 1. The topological polar surface area (TPSA) is 21.3 Å². The number of unbranched alkanes of at least 4 members (excludes halogenated alkanes) is 1. The lowest BCUT2D eigenvalue weighted by Crippen LogP contribution is -2.02. The van der Waals surface area contributed by atoms with Crippen LogP contribution in [0.5, 0.6) is 11.5 Å². The third kappa shape index (κ3) is 4.08. The van der Waals surface area contributed by atoms with Gasteiger partial charge in [0.25, 0.3) is 0 Å². The summed E-state index contributed by atoms with van der Waals surface area (Å²) in [5, 5.41) is 3.35. The molecule has 0 aromatic heterocycles. The lowest BCUT2D eigenvalue weighted by atomic mass is 10.2. The van der Waals surface area contributed by atoms with Crippen LogP contribution in [0.3, 0.4) is 0 Å². The maximum atomic E-state index is 5.86. The van der Waals surface area contributed by atoms with E-state index >= 15 is 0 Å². The van der Waals surface area contributed by atoms with E-state index in [1.807, 2.05) is 54.6 Å². The monoisotopic (exact) mass is 251 g/mol. The Morgan fingerprint density at radius 2 is 1.74 bits per heavy atom. The highest BCUT2D eigenvalue weighted by Crippen LogP contribution is 2.28. The van der Waals surface area contributed by atoms with Crippen LogP contribution in [-0.2, 0) is 0 Å². The summed E-state index contributed by atoms with van der Waals surface area (Å²) in [5.41, 5.74) is 0.989. The molecule has 2 heteroatoms. The zero-order valence-corrected chi connectivity index (χ0v) is 10.8. The largest absolute Gasteiger partial charge is 0.455 e. The summed E-state index contributed by atoms with van der Waals surface area (Å²) >= 11 is 0. The number of benzene rings is 2. The van der Waals surface area contributed by atoms with Crippen LogP contribution in [0.25, 0.3) is 0 Å². The highest BCUT2D eigenvalue weighted by atomic mass is 16.5. The van der Waals surface area contributed by atoms with E-state index in [0.29, 0.717) is 0 Å². The maximum absolute atomic E-state index is 5.86. The molecule has 0 aliphatic carbocycles. The van der Waals surface area contributed by atoms with Gasteiger partial charge in [-0.2, -0.15) is 0 Å². The van der Waals surface area contributed by atoms with Crippen molar-refractivity contribution >= 4 is 5.69 Å². The van der Waals surface area contributed by atoms with E-state index in [1.54, 1.807) is 0 Å². The standard InChI is InChI=1S/C17H17NO/c1-2-3-9-14-18-16-12-7-8-13-17(16)19-15-10-5-4-6-11-15/h1,4-8,10-13,18H,3,9,14H2. The van der Waals surface area contributed by atoms with Gasteiger partial charge in [0.15, 0.2) is 5.75 Å². The number of nitrogens with one attached hydrogen (secondary N) is 1. The van der Waals surface area contributed by atoms with Gasteiger partial charge >= 0.3 is 0 Å². The second-order valence-corrected chi connectivity index (χ2v) is 4.15.